The molecule has 0 saturated carbocycles. The summed E-state index contributed by atoms with van der Waals surface area (Å²) in [6, 6.07) is 0. The van der Waals surface area contributed by atoms with E-state index in [9.17, 15) is 0 Å². The maximum atomic E-state index is 3.72. The van der Waals surface area contributed by atoms with Crippen LogP contribution in [0.25, 0.3) is 0 Å². The lowest BCUT2D eigenvalue weighted by atomic mass is 10.2. The van der Waals surface area contributed by atoms with Gasteiger partial charge in [0.05, 0.1) is 0 Å². The summed E-state index contributed by atoms with van der Waals surface area (Å²) in [6.45, 7) is 15.8. The van der Waals surface area contributed by atoms with E-state index < -0.39 is 0 Å². The van der Waals surface area contributed by atoms with Crippen molar-refractivity contribution in [3.8, 4) is 0 Å². The summed E-state index contributed by atoms with van der Waals surface area (Å²) in [5.74, 6) is 0. The van der Waals surface area contributed by atoms with Crippen LogP contribution in [0.2, 0.25) is 0 Å². The van der Waals surface area contributed by atoms with E-state index in [-0.39, 0.29) is 0 Å². The second-order valence-electron chi connectivity index (χ2n) is 2.07. The quantitative estimate of drug-likeness (QED) is 0.371. The molecule has 52 valence electrons. The summed E-state index contributed by atoms with van der Waals surface area (Å²) in [4.78, 5) is 0. The SMILES string of the molecule is C=C.C=C(C)C=C(C)C. The highest BCUT2D eigenvalue weighted by Crippen LogP contribution is 1.95. The van der Waals surface area contributed by atoms with Gasteiger partial charge in [-0.15, -0.1) is 13.2 Å². The molecular formula is C9H16. The van der Waals surface area contributed by atoms with Crippen molar-refractivity contribution in [2.24, 2.45) is 0 Å². The monoisotopic (exact) mass is 124 g/mol. The van der Waals surface area contributed by atoms with Crippen LogP contribution in [-0.4, -0.2) is 0 Å². The van der Waals surface area contributed by atoms with Gasteiger partial charge in [0.2, 0.25) is 0 Å². The van der Waals surface area contributed by atoms with Gasteiger partial charge in [0, 0.05) is 0 Å². The first kappa shape index (κ1) is 11.1. The Labute approximate surface area is 58.6 Å². The van der Waals surface area contributed by atoms with E-state index in [0.717, 1.165) is 5.57 Å². The Bertz CT molecular complexity index is 103. The van der Waals surface area contributed by atoms with E-state index in [1.807, 2.05) is 6.92 Å². The van der Waals surface area contributed by atoms with Crippen molar-refractivity contribution in [3.05, 3.63) is 37.0 Å². The van der Waals surface area contributed by atoms with E-state index in [4.69, 9.17) is 0 Å². The highest BCUT2D eigenvalue weighted by Gasteiger charge is 1.73. The van der Waals surface area contributed by atoms with Crippen molar-refractivity contribution >= 4 is 0 Å². The van der Waals surface area contributed by atoms with Gasteiger partial charge in [-0.25, -0.2) is 0 Å². The summed E-state index contributed by atoms with van der Waals surface area (Å²) >= 11 is 0. The van der Waals surface area contributed by atoms with Crippen LogP contribution < -0.4 is 0 Å². The first-order chi connectivity index (χ1) is 4.13. The fourth-order valence-electron chi connectivity index (χ4n) is 0.493. The fraction of sp³-hybridized carbons (Fsp3) is 0.333. The lowest BCUT2D eigenvalue weighted by Crippen LogP contribution is -1.64. The molecule has 0 aromatic rings. The van der Waals surface area contributed by atoms with Gasteiger partial charge in [0.15, 0.2) is 0 Å². The van der Waals surface area contributed by atoms with Crippen LogP contribution in [0.4, 0.5) is 0 Å². The standard InChI is InChI=1S/C7H12.C2H4/c1-6(2)5-7(3)4;1-2/h5H,1H2,2-4H3;1-2H2. The molecule has 0 aromatic heterocycles. The zero-order valence-corrected chi connectivity index (χ0v) is 6.70. The van der Waals surface area contributed by atoms with Crippen molar-refractivity contribution < 1.29 is 0 Å². The van der Waals surface area contributed by atoms with Gasteiger partial charge >= 0.3 is 0 Å². The molecule has 0 aliphatic rings. The summed E-state index contributed by atoms with van der Waals surface area (Å²) in [5, 5.41) is 0. The lowest BCUT2D eigenvalue weighted by Gasteiger charge is -1.85. The second-order valence-corrected chi connectivity index (χ2v) is 2.07. The molecule has 0 aromatic carbocycles. The van der Waals surface area contributed by atoms with Crippen LogP contribution in [0, 0.1) is 0 Å². The normalized spacial score (nSPS) is 6.56. The largest absolute Gasteiger partial charge is 0.106 e. The van der Waals surface area contributed by atoms with E-state index in [1.54, 1.807) is 0 Å². The maximum absolute atomic E-state index is 3.72. The molecule has 0 radical (unpaired) electrons. The number of allylic oxidation sites excluding steroid dienone is 3. The highest BCUT2D eigenvalue weighted by molar-refractivity contribution is 5.15. The average molecular weight is 124 g/mol. The number of hydrogen-bond donors (Lipinski definition) is 0. The first-order valence-corrected chi connectivity index (χ1v) is 2.93. The second kappa shape index (κ2) is 7.22. The maximum Gasteiger partial charge on any atom is -0.0404 e. The average Bonchev–Trinajstić information content (AvgIpc) is 1.68. The molecule has 0 atom stereocenters. The van der Waals surface area contributed by atoms with Gasteiger partial charge in [0.25, 0.3) is 0 Å². The minimum atomic E-state index is 1.12. The Morgan fingerprint density at radius 2 is 1.44 bits per heavy atom. The van der Waals surface area contributed by atoms with Crippen LogP contribution in [-0.2, 0) is 0 Å². The van der Waals surface area contributed by atoms with Gasteiger partial charge < -0.3 is 0 Å². The molecule has 0 saturated heterocycles. The molecule has 0 aliphatic heterocycles. The van der Waals surface area contributed by atoms with Crippen molar-refractivity contribution in [2.45, 2.75) is 20.8 Å². The molecule has 0 amide bonds. The first-order valence-electron chi connectivity index (χ1n) is 2.93. The fourth-order valence-corrected chi connectivity index (χ4v) is 0.493. The Balaban J connectivity index is 0. The zero-order valence-electron chi connectivity index (χ0n) is 6.70. The smallest absolute Gasteiger partial charge is 0.0404 e. The predicted molar refractivity (Wildman–Crippen MR) is 45.5 cm³/mol. The Hall–Kier alpha value is -0.780. The van der Waals surface area contributed by atoms with E-state index in [1.165, 1.54) is 5.57 Å². The van der Waals surface area contributed by atoms with Crippen LogP contribution in [0.5, 0.6) is 0 Å². The third-order valence-electron chi connectivity index (χ3n) is 0.535. The third-order valence-corrected chi connectivity index (χ3v) is 0.535. The molecule has 0 bridgehead atoms. The summed E-state index contributed by atoms with van der Waals surface area (Å²) in [5.41, 5.74) is 2.44. The van der Waals surface area contributed by atoms with Gasteiger partial charge in [0.1, 0.15) is 0 Å². The summed E-state index contributed by atoms with van der Waals surface area (Å²) < 4.78 is 0. The number of hydrogen-bond acceptors (Lipinski definition) is 0. The van der Waals surface area contributed by atoms with Gasteiger partial charge in [-0.2, -0.15) is 0 Å². The van der Waals surface area contributed by atoms with E-state index in [0.29, 0.717) is 0 Å². The van der Waals surface area contributed by atoms with Gasteiger partial charge in [-0.05, 0) is 20.8 Å². The topological polar surface area (TPSA) is 0 Å². The van der Waals surface area contributed by atoms with Crippen LogP contribution in [0.3, 0.4) is 0 Å². The van der Waals surface area contributed by atoms with Crippen molar-refractivity contribution in [1.82, 2.24) is 0 Å². The van der Waals surface area contributed by atoms with Crippen molar-refractivity contribution in [1.29, 1.82) is 0 Å². The third kappa shape index (κ3) is 19.0. The molecule has 9 heavy (non-hydrogen) atoms. The number of rotatable bonds is 1. The minimum Gasteiger partial charge on any atom is -0.106 e. The molecule has 0 heteroatoms. The van der Waals surface area contributed by atoms with Crippen molar-refractivity contribution in [2.75, 3.05) is 0 Å². The van der Waals surface area contributed by atoms with Crippen LogP contribution in [0.1, 0.15) is 20.8 Å². The van der Waals surface area contributed by atoms with E-state index in [2.05, 4.69) is 39.7 Å². The predicted octanol–water partition coefficient (Wildman–Crippen LogP) is 3.33. The molecule has 0 N–H and O–H groups in total. The zero-order chi connectivity index (χ0) is 7.86. The van der Waals surface area contributed by atoms with Gasteiger partial charge in [-0.1, -0.05) is 23.8 Å². The van der Waals surface area contributed by atoms with E-state index >= 15 is 0 Å². The molecular weight excluding hydrogens is 108 g/mol. The van der Waals surface area contributed by atoms with Crippen molar-refractivity contribution in [3.63, 3.8) is 0 Å². The van der Waals surface area contributed by atoms with Crippen LogP contribution >= 0.6 is 0 Å². The Morgan fingerprint density at radius 1 is 1.11 bits per heavy atom. The minimum absolute atomic E-state index is 1.12. The molecule has 0 nitrogen and oxygen atoms in total. The molecule has 0 aliphatic carbocycles. The Morgan fingerprint density at radius 3 is 1.44 bits per heavy atom. The molecule has 0 unspecified atom stereocenters. The molecule has 0 heterocycles. The van der Waals surface area contributed by atoms with Crippen LogP contribution in [0.15, 0.2) is 37.0 Å². The summed E-state index contributed by atoms with van der Waals surface area (Å²) in [6.07, 6.45) is 2.06. The molecule has 0 rings (SSSR count). The molecule has 0 spiro atoms. The lowest BCUT2D eigenvalue weighted by molar-refractivity contribution is 1.36. The molecule has 0 fully saturated rings. The van der Waals surface area contributed by atoms with Gasteiger partial charge in [-0.3, -0.25) is 0 Å². The Kier molecular flexibility index (Phi) is 8.89. The summed E-state index contributed by atoms with van der Waals surface area (Å²) in [7, 11) is 0. The highest BCUT2D eigenvalue weighted by atomic mass is 13.8.